The normalized spacial score (nSPS) is 12.7. The maximum Gasteiger partial charge on any atom is 0.306 e. The lowest BCUT2D eigenvalue weighted by Crippen LogP contribution is -2.30. The van der Waals surface area contributed by atoms with Crippen LogP contribution in [0.3, 0.4) is 0 Å². The molecule has 6 heteroatoms. The first-order chi connectivity index (χ1) is 34.5. The predicted octanol–water partition coefficient (Wildman–Crippen LogP) is 19.9. The van der Waals surface area contributed by atoms with E-state index < -0.39 is 6.10 Å². The number of rotatable bonds is 53. The molecule has 0 fully saturated rings. The molecule has 0 rings (SSSR count). The van der Waals surface area contributed by atoms with Crippen LogP contribution in [0.2, 0.25) is 0 Å². The zero-order valence-electron chi connectivity index (χ0n) is 46.0. The van der Waals surface area contributed by atoms with E-state index >= 15 is 0 Å². The molecule has 1 unspecified atom stereocenters. The molecule has 0 saturated carbocycles. The molecule has 0 aromatic carbocycles. The van der Waals surface area contributed by atoms with Gasteiger partial charge in [0.25, 0.3) is 0 Å². The average molecular weight is 976 g/mol. The smallest absolute Gasteiger partial charge is 0.306 e. The zero-order valence-corrected chi connectivity index (χ0v) is 46.0. The van der Waals surface area contributed by atoms with E-state index in [9.17, 15) is 14.4 Å². The second-order valence-electron chi connectivity index (χ2n) is 19.5. The summed E-state index contributed by atoms with van der Waals surface area (Å²) in [5, 5.41) is 0. The summed E-state index contributed by atoms with van der Waals surface area (Å²) in [7, 11) is 0. The quantitative estimate of drug-likeness (QED) is 0.0261. The summed E-state index contributed by atoms with van der Waals surface area (Å²) in [6.07, 6.45) is 75.7. The Kier molecular flexibility index (Phi) is 55.3. The number of ether oxygens (including phenoxy) is 3. The van der Waals surface area contributed by atoms with Gasteiger partial charge in [-0.15, -0.1) is 0 Å². The Morgan fingerprint density at radius 1 is 0.300 bits per heavy atom. The molecule has 0 heterocycles. The van der Waals surface area contributed by atoms with Crippen molar-refractivity contribution in [1.82, 2.24) is 0 Å². The fourth-order valence-electron chi connectivity index (χ4n) is 8.16. The van der Waals surface area contributed by atoms with E-state index in [2.05, 4.69) is 106 Å². The topological polar surface area (TPSA) is 78.9 Å². The van der Waals surface area contributed by atoms with Crippen LogP contribution in [-0.2, 0) is 28.6 Å². The van der Waals surface area contributed by atoms with E-state index in [1.54, 1.807) is 0 Å². The standard InChI is InChI=1S/C64H110O6/c1-4-7-10-13-16-19-22-25-27-29-30-31-32-33-34-36-37-39-42-45-48-51-54-57-63(66)69-60-61(59-68-62(65)56-53-50-47-44-41-24-21-18-15-12-9-6-3)70-64(67)58-55-52-49-46-43-40-38-35-28-26-23-20-17-14-11-8-5-2/h8,11,17-18,20-22,25-26,28-30,32-33,61H,4-7,9-10,12-16,19,23-24,27,31,34-60H2,1-3H3/b11-8-,20-17-,21-18-,25-22-,28-26-,30-29-,33-32-. The van der Waals surface area contributed by atoms with Crippen LogP contribution in [-0.4, -0.2) is 37.2 Å². The third-order valence-corrected chi connectivity index (χ3v) is 12.6. The summed E-state index contributed by atoms with van der Waals surface area (Å²) in [6.45, 7) is 6.49. The maximum absolute atomic E-state index is 12.9. The Morgan fingerprint density at radius 3 is 0.914 bits per heavy atom. The molecule has 0 saturated heterocycles. The number of carbonyl (C=O) groups excluding carboxylic acids is 3. The first kappa shape index (κ1) is 66.6. The molecule has 70 heavy (non-hydrogen) atoms. The third kappa shape index (κ3) is 55.5. The Labute approximate surface area is 433 Å². The van der Waals surface area contributed by atoms with Gasteiger partial charge < -0.3 is 14.2 Å². The lowest BCUT2D eigenvalue weighted by atomic mass is 10.1. The number of esters is 3. The number of allylic oxidation sites excluding steroid dienone is 14. The lowest BCUT2D eigenvalue weighted by molar-refractivity contribution is -0.167. The van der Waals surface area contributed by atoms with Gasteiger partial charge in [0.05, 0.1) is 0 Å². The first-order valence-corrected chi connectivity index (χ1v) is 29.6. The van der Waals surface area contributed by atoms with E-state index in [1.165, 1.54) is 135 Å². The highest BCUT2D eigenvalue weighted by Crippen LogP contribution is 2.15. The van der Waals surface area contributed by atoms with Gasteiger partial charge in [0, 0.05) is 19.3 Å². The van der Waals surface area contributed by atoms with Gasteiger partial charge in [0.15, 0.2) is 6.10 Å². The molecule has 0 aliphatic rings. The summed E-state index contributed by atoms with van der Waals surface area (Å²) < 4.78 is 16.9. The first-order valence-electron chi connectivity index (χ1n) is 29.6. The molecule has 0 aromatic heterocycles. The highest BCUT2D eigenvalue weighted by atomic mass is 16.6. The Bertz CT molecular complexity index is 1350. The molecule has 0 aliphatic heterocycles. The van der Waals surface area contributed by atoms with Crippen LogP contribution in [0.25, 0.3) is 0 Å². The number of hydrogen-bond donors (Lipinski definition) is 0. The predicted molar refractivity (Wildman–Crippen MR) is 302 cm³/mol. The molecule has 6 nitrogen and oxygen atoms in total. The zero-order chi connectivity index (χ0) is 50.7. The van der Waals surface area contributed by atoms with Crippen molar-refractivity contribution in [3.63, 3.8) is 0 Å². The van der Waals surface area contributed by atoms with Crippen molar-refractivity contribution in [3.8, 4) is 0 Å². The van der Waals surface area contributed by atoms with Gasteiger partial charge in [-0.1, -0.05) is 234 Å². The molecular weight excluding hydrogens is 865 g/mol. The van der Waals surface area contributed by atoms with E-state index in [0.717, 1.165) is 109 Å². The van der Waals surface area contributed by atoms with Crippen LogP contribution in [0.1, 0.15) is 284 Å². The Balaban J connectivity index is 4.35. The molecule has 402 valence electrons. The van der Waals surface area contributed by atoms with Crippen molar-refractivity contribution >= 4 is 17.9 Å². The second kappa shape index (κ2) is 58.2. The fourth-order valence-corrected chi connectivity index (χ4v) is 8.16. The molecular formula is C64H110O6. The van der Waals surface area contributed by atoms with Crippen molar-refractivity contribution in [2.45, 2.75) is 290 Å². The minimum atomic E-state index is -0.789. The number of carbonyl (C=O) groups is 3. The van der Waals surface area contributed by atoms with Gasteiger partial charge in [0.2, 0.25) is 0 Å². The molecule has 0 radical (unpaired) electrons. The van der Waals surface area contributed by atoms with E-state index in [-0.39, 0.29) is 31.1 Å². The summed E-state index contributed by atoms with van der Waals surface area (Å²) in [6, 6.07) is 0. The van der Waals surface area contributed by atoms with Gasteiger partial charge in [-0.2, -0.15) is 0 Å². The average Bonchev–Trinajstić information content (AvgIpc) is 3.36. The minimum Gasteiger partial charge on any atom is -0.462 e. The van der Waals surface area contributed by atoms with E-state index in [4.69, 9.17) is 14.2 Å². The molecule has 0 aromatic rings. The van der Waals surface area contributed by atoms with Crippen molar-refractivity contribution in [3.05, 3.63) is 85.1 Å². The Morgan fingerprint density at radius 2 is 0.557 bits per heavy atom. The minimum absolute atomic E-state index is 0.0870. The van der Waals surface area contributed by atoms with Crippen LogP contribution < -0.4 is 0 Å². The van der Waals surface area contributed by atoms with Gasteiger partial charge in [-0.25, -0.2) is 0 Å². The SMILES string of the molecule is CC/C=C\C/C=C\C/C=C\CCCCCCCCCC(=O)OC(COC(=O)CCCCCCC/C=C\CCCCC)COC(=O)CCCCCCCCCC/C=C\C/C=C\C/C=C\CCCCCCC. The van der Waals surface area contributed by atoms with Gasteiger partial charge in [0.1, 0.15) is 13.2 Å². The van der Waals surface area contributed by atoms with Crippen LogP contribution in [0.5, 0.6) is 0 Å². The van der Waals surface area contributed by atoms with E-state index in [1.807, 2.05) is 0 Å². The third-order valence-electron chi connectivity index (χ3n) is 12.6. The van der Waals surface area contributed by atoms with Gasteiger partial charge in [-0.05, 0) is 116 Å². The molecule has 0 spiro atoms. The van der Waals surface area contributed by atoms with Crippen LogP contribution >= 0.6 is 0 Å². The summed E-state index contributed by atoms with van der Waals surface area (Å²) >= 11 is 0. The highest BCUT2D eigenvalue weighted by molar-refractivity contribution is 5.71. The molecule has 0 bridgehead atoms. The van der Waals surface area contributed by atoms with Gasteiger partial charge >= 0.3 is 17.9 Å². The molecule has 0 N–H and O–H groups in total. The largest absolute Gasteiger partial charge is 0.462 e. The number of unbranched alkanes of at least 4 members (excludes halogenated alkanes) is 28. The monoisotopic (exact) mass is 975 g/mol. The molecule has 1 atom stereocenters. The van der Waals surface area contributed by atoms with Crippen molar-refractivity contribution in [1.29, 1.82) is 0 Å². The molecule has 0 aliphatic carbocycles. The van der Waals surface area contributed by atoms with Crippen LogP contribution in [0.4, 0.5) is 0 Å². The lowest BCUT2D eigenvalue weighted by Gasteiger charge is -2.18. The van der Waals surface area contributed by atoms with Crippen LogP contribution in [0.15, 0.2) is 85.1 Å². The summed E-state index contributed by atoms with van der Waals surface area (Å²) in [5.74, 6) is -0.907. The second-order valence-corrected chi connectivity index (χ2v) is 19.5. The fraction of sp³-hybridized carbons (Fsp3) is 0.734. The van der Waals surface area contributed by atoms with Crippen molar-refractivity contribution in [2.24, 2.45) is 0 Å². The summed E-state index contributed by atoms with van der Waals surface area (Å²) in [4.78, 5) is 38.2. The number of hydrogen-bond acceptors (Lipinski definition) is 6. The summed E-state index contributed by atoms with van der Waals surface area (Å²) in [5.41, 5.74) is 0. The molecule has 0 amide bonds. The maximum atomic E-state index is 12.9. The van der Waals surface area contributed by atoms with Crippen molar-refractivity contribution < 1.29 is 28.6 Å². The van der Waals surface area contributed by atoms with E-state index in [0.29, 0.717) is 19.3 Å². The highest BCUT2D eigenvalue weighted by Gasteiger charge is 2.19. The van der Waals surface area contributed by atoms with Gasteiger partial charge in [-0.3, -0.25) is 14.4 Å². The van der Waals surface area contributed by atoms with Crippen molar-refractivity contribution in [2.75, 3.05) is 13.2 Å². The Hall–Kier alpha value is -3.41. The van der Waals surface area contributed by atoms with Crippen LogP contribution in [0, 0.1) is 0 Å².